The van der Waals surface area contributed by atoms with Crippen LogP contribution < -0.4 is 10.5 Å². The summed E-state index contributed by atoms with van der Waals surface area (Å²) in [5, 5.41) is 0. The van der Waals surface area contributed by atoms with Crippen molar-refractivity contribution >= 4 is 5.91 Å². The third-order valence-electron chi connectivity index (χ3n) is 3.26. The fraction of sp³-hybridized carbons (Fsp3) is 0.500. The van der Waals surface area contributed by atoms with E-state index in [-0.39, 0.29) is 5.91 Å². The first-order chi connectivity index (χ1) is 8.51. The molecule has 1 aromatic rings. The summed E-state index contributed by atoms with van der Waals surface area (Å²) in [5.74, 6) is 0.956. The lowest BCUT2D eigenvalue weighted by Gasteiger charge is -2.20. The van der Waals surface area contributed by atoms with Crippen molar-refractivity contribution in [3.05, 3.63) is 28.8 Å². The van der Waals surface area contributed by atoms with Crippen molar-refractivity contribution < 1.29 is 9.53 Å². The van der Waals surface area contributed by atoms with Gasteiger partial charge in [0, 0.05) is 26.6 Å². The second-order valence-electron chi connectivity index (χ2n) is 4.47. The van der Waals surface area contributed by atoms with Crippen molar-refractivity contribution in [2.24, 2.45) is 5.73 Å². The molecule has 0 spiro atoms. The topological polar surface area (TPSA) is 55.6 Å². The minimum Gasteiger partial charge on any atom is -0.496 e. The molecule has 0 fully saturated rings. The zero-order chi connectivity index (χ0) is 13.7. The molecule has 0 heterocycles. The third kappa shape index (κ3) is 3.23. The van der Waals surface area contributed by atoms with Gasteiger partial charge in [0.05, 0.1) is 7.11 Å². The molecule has 0 atom stereocenters. The van der Waals surface area contributed by atoms with Crippen molar-refractivity contribution in [2.75, 3.05) is 20.7 Å². The van der Waals surface area contributed by atoms with Gasteiger partial charge in [0.15, 0.2) is 0 Å². The van der Waals surface area contributed by atoms with Gasteiger partial charge in [0.2, 0.25) is 5.91 Å². The molecule has 1 amide bonds. The lowest BCUT2D eigenvalue weighted by molar-refractivity contribution is -0.130. The van der Waals surface area contributed by atoms with E-state index in [4.69, 9.17) is 10.5 Å². The lowest BCUT2D eigenvalue weighted by atomic mass is 10.0. The number of hydrogen-bond donors (Lipinski definition) is 1. The number of nitrogens with two attached hydrogens (primary N) is 1. The van der Waals surface area contributed by atoms with E-state index in [0.29, 0.717) is 19.5 Å². The predicted octanol–water partition coefficient (Wildman–Crippen LogP) is 1.62. The summed E-state index contributed by atoms with van der Waals surface area (Å²) in [6.45, 7) is 5.08. The molecule has 0 saturated heterocycles. The number of carbonyl (C=O) groups excluding carboxylic acids is 1. The van der Waals surface area contributed by atoms with Crippen LogP contribution >= 0.6 is 0 Å². The van der Waals surface area contributed by atoms with Crippen LogP contribution in [0.2, 0.25) is 0 Å². The van der Waals surface area contributed by atoms with Crippen molar-refractivity contribution in [3.63, 3.8) is 0 Å². The van der Waals surface area contributed by atoms with Crippen LogP contribution in [0.1, 0.15) is 23.1 Å². The predicted molar refractivity (Wildman–Crippen MR) is 72.6 cm³/mol. The maximum absolute atomic E-state index is 11.7. The Balaban J connectivity index is 2.85. The van der Waals surface area contributed by atoms with Crippen LogP contribution in [0.4, 0.5) is 0 Å². The summed E-state index contributed by atoms with van der Waals surface area (Å²) in [7, 11) is 3.47. The monoisotopic (exact) mass is 250 g/mol. The Morgan fingerprint density at radius 2 is 2.00 bits per heavy atom. The van der Waals surface area contributed by atoms with Crippen molar-refractivity contribution in [1.29, 1.82) is 0 Å². The van der Waals surface area contributed by atoms with Crippen LogP contribution in [-0.4, -0.2) is 31.5 Å². The first-order valence-electron chi connectivity index (χ1n) is 6.08. The van der Waals surface area contributed by atoms with Gasteiger partial charge in [-0.05, 0) is 36.6 Å². The van der Waals surface area contributed by atoms with Gasteiger partial charge < -0.3 is 15.4 Å². The van der Waals surface area contributed by atoms with Gasteiger partial charge in [-0.2, -0.15) is 0 Å². The molecule has 0 aromatic heterocycles. The van der Waals surface area contributed by atoms with Crippen molar-refractivity contribution in [2.45, 2.75) is 26.8 Å². The quantitative estimate of drug-likeness (QED) is 0.864. The van der Waals surface area contributed by atoms with Crippen molar-refractivity contribution in [1.82, 2.24) is 4.90 Å². The number of benzene rings is 1. The largest absolute Gasteiger partial charge is 0.496 e. The summed E-state index contributed by atoms with van der Waals surface area (Å²) in [6.07, 6.45) is 0.394. The molecule has 4 nitrogen and oxygen atoms in total. The molecule has 100 valence electrons. The van der Waals surface area contributed by atoms with Gasteiger partial charge in [-0.3, -0.25) is 4.79 Å². The highest BCUT2D eigenvalue weighted by atomic mass is 16.5. The van der Waals surface area contributed by atoms with Crippen molar-refractivity contribution in [3.8, 4) is 5.75 Å². The minimum absolute atomic E-state index is 0.0744. The number of hydrogen-bond acceptors (Lipinski definition) is 3. The highest BCUT2D eigenvalue weighted by Gasteiger charge is 2.12. The molecule has 0 unspecified atom stereocenters. The van der Waals surface area contributed by atoms with Gasteiger partial charge >= 0.3 is 0 Å². The number of nitrogens with zero attached hydrogens (tertiary/aromatic N) is 1. The molecule has 0 radical (unpaired) electrons. The van der Waals surface area contributed by atoms with Crippen LogP contribution in [-0.2, 0) is 11.3 Å². The summed E-state index contributed by atoms with van der Waals surface area (Å²) in [5.41, 5.74) is 8.82. The molecular weight excluding hydrogens is 228 g/mol. The average molecular weight is 250 g/mol. The molecule has 1 rings (SSSR count). The Morgan fingerprint density at radius 1 is 1.33 bits per heavy atom. The molecule has 18 heavy (non-hydrogen) atoms. The Hall–Kier alpha value is -1.55. The zero-order valence-electron chi connectivity index (χ0n) is 11.6. The van der Waals surface area contributed by atoms with Crippen LogP contribution in [0, 0.1) is 13.8 Å². The van der Waals surface area contributed by atoms with Gasteiger partial charge in [0.1, 0.15) is 5.75 Å². The van der Waals surface area contributed by atoms with E-state index in [1.807, 2.05) is 19.1 Å². The van der Waals surface area contributed by atoms with Crippen LogP contribution in [0.15, 0.2) is 12.1 Å². The lowest BCUT2D eigenvalue weighted by Crippen LogP contribution is -2.28. The van der Waals surface area contributed by atoms with Gasteiger partial charge in [-0.25, -0.2) is 0 Å². The van der Waals surface area contributed by atoms with E-state index >= 15 is 0 Å². The molecule has 0 bridgehead atoms. The summed E-state index contributed by atoms with van der Waals surface area (Å²) >= 11 is 0. The van der Waals surface area contributed by atoms with E-state index in [9.17, 15) is 4.79 Å². The molecule has 0 saturated carbocycles. The van der Waals surface area contributed by atoms with E-state index < -0.39 is 0 Å². The molecule has 1 aromatic carbocycles. The zero-order valence-corrected chi connectivity index (χ0v) is 11.6. The highest BCUT2D eigenvalue weighted by molar-refractivity contribution is 5.76. The number of ether oxygens (including phenoxy) is 1. The first kappa shape index (κ1) is 14.5. The molecule has 2 N–H and O–H groups in total. The molecular formula is C14H22N2O2. The third-order valence-corrected chi connectivity index (χ3v) is 3.26. The van der Waals surface area contributed by atoms with Crippen LogP contribution in [0.3, 0.4) is 0 Å². The number of carbonyl (C=O) groups is 1. The molecule has 0 aliphatic rings. The van der Waals surface area contributed by atoms with E-state index in [0.717, 1.165) is 16.9 Å². The molecule has 0 aliphatic heterocycles. The van der Waals surface area contributed by atoms with E-state index in [1.54, 1.807) is 19.1 Å². The summed E-state index contributed by atoms with van der Waals surface area (Å²) < 4.78 is 5.27. The summed E-state index contributed by atoms with van der Waals surface area (Å²) in [4.78, 5) is 13.4. The number of methoxy groups -OCH3 is 1. The number of amides is 1. The average Bonchev–Trinajstić information content (AvgIpc) is 2.35. The summed E-state index contributed by atoms with van der Waals surface area (Å²) in [6, 6.07) is 3.95. The van der Waals surface area contributed by atoms with Gasteiger partial charge in [-0.15, -0.1) is 0 Å². The van der Waals surface area contributed by atoms with Crippen LogP contribution in [0.25, 0.3) is 0 Å². The number of rotatable bonds is 5. The second kappa shape index (κ2) is 6.40. The Bertz CT molecular complexity index is 430. The van der Waals surface area contributed by atoms with E-state index in [2.05, 4.69) is 6.92 Å². The normalized spacial score (nSPS) is 10.3. The smallest absolute Gasteiger partial charge is 0.223 e. The fourth-order valence-electron chi connectivity index (χ4n) is 1.90. The second-order valence-corrected chi connectivity index (χ2v) is 4.47. The molecule has 0 aliphatic carbocycles. The van der Waals surface area contributed by atoms with E-state index in [1.165, 1.54) is 5.56 Å². The van der Waals surface area contributed by atoms with Crippen LogP contribution in [0.5, 0.6) is 5.75 Å². The standard InChI is InChI=1S/C14H22N2O2/c1-10-11(2)13(18-4)6-5-12(10)9-16(3)14(17)7-8-15/h5-6H,7-9,15H2,1-4H3. The van der Waals surface area contributed by atoms with Gasteiger partial charge in [-0.1, -0.05) is 6.07 Å². The molecule has 4 heteroatoms. The maximum atomic E-state index is 11.7. The Kier molecular flexibility index (Phi) is 5.16. The SMILES string of the molecule is COc1ccc(CN(C)C(=O)CCN)c(C)c1C. The first-order valence-corrected chi connectivity index (χ1v) is 6.08. The fourth-order valence-corrected chi connectivity index (χ4v) is 1.90. The maximum Gasteiger partial charge on any atom is 0.223 e. The highest BCUT2D eigenvalue weighted by Crippen LogP contribution is 2.24. The Labute approximate surface area is 109 Å². The Morgan fingerprint density at radius 3 is 2.56 bits per heavy atom. The minimum atomic E-state index is 0.0744. The van der Waals surface area contributed by atoms with Gasteiger partial charge in [0.25, 0.3) is 0 Å².